The first kappa shape index (κ1) is 19.4. The number of allylic oxidation sites excluding steroid dienone is 6. The molecule has 1 N–H and O–H groups in total. The molecule has 4 aliphatic carbocycles. The lowest BCUT2D eigenvalue weighted by Crippen LogP contribution is -2.49. The van der Waals surface area contributed by atoms with Gasteiger partial charge in [0, 0.05) is 17.3 Å². The number of Topliss-reactive ketones (excluding diaryl/α,β-unsaturated/α-hetero) is 1. The molecule has 4 nitrogen and oxygen atoms in total. The van der Waals surface area contributed by atoms with Crippen LogP contribution in [0.4, 0.5) is 0 Å². The standard InChI is InChI=1S/C24H30O4/c1-15(25)24(13-9-21(27)28)12-8-20-18-5-4-16-14-17(26)6-10-22(16,2)19(18)7-11-23(20,24)3/h6-7,10,14,18,20H,4-5,8-9,11-13H2,1-3H3,(H,27,28)/t18-,20+,22+,23+,24-/m1/s1. The Morgan fingerprint density at radius 3 is 2.68 bits per heavy atom. The van der Waals surface area contributed by atoms with Gasteiger partial charge in [0.05, 0.1) is 0 Å². The highest BCUT2D eigenvalue weighted by Crippen LogP contribution is 2.69. The van der Waals surface area contributed by atoms with Gasteiger partial charge in [0.1, 0.15) is 5.78 Å². The van der Waals surface area contributed by atoms with Gasteiger partial charge in [-0.3, -0.25) is 14.4 Å². The Balaban J connectivity index is 1.74. The van der Waals surface area contributed by atoms with Gasteiger partial charge >= 0.3 is 5.97 Å². The van der Waals surface area contributed by atoms with Crippen LogP contribution in [0.15, 0.2) is 35.5 Å². The molecule has 4 heteroatoms. The molecule has 0 aromatic carbocycles. The number of carbonyl (C=O) groups excluding carboxylic acids is 2. The van der Waals surface area contributed by atoms with Crippen molar-refractivity contribution in [2.24, 2.45) is 28.1 Å². The molecule has 5 atom stereocenters. The second-order valence-electron chi connectivity index (χ2n) is 9.71. The van der Waals surface area contributed by atoms with Crippen molar-refractivity contribution in [1.29, 1.82) is 0 Å². The van der Waals surface area contributed by atoms with Crippen LogP contribution in [0.25, 0.3) is 0 Å². The monoisotopic (exact) mass is 382 g/mol. The molecule has 0 aromatic rings. The maximum atomic E-state index is 12.9. The van der Waals surface area contributed by atoms with Crippen molar-refractivity contribution < 1.29 is 19.5 Å². The predicted molar refractivity (Wildman–Crippen MR) is 107 cm³/mol. The zero-order chi connectivity index (χ0) is 20.3. The normalized spacial score (nSPS) is 41.5. The molecule has 28 heavy (non-hydrogen) atoms. The van der Waals surface area contributed by atoms with Crippen LogP contribution in [-0.2, 0) is 14.4 Å². The number of carboxylic acids is 1. The van der Waals surface area contributed by atoms with Crippen molar-refractivity contribution in [1.82, 2.24) is 0 Å². The van der Waals surface area contributed by atoms with Crippen LogP contribution in [0.3, 0.4) is 0 Å². The summed E-state index contributed by atoms with van der Waals surface area (Å²) in [6, 6.07) is 0. The van der Waals surface area contributed by atoms with Crippen LogP contribution in [0.5, 0.6) is 0 Å². The van der Waals surface area contributed by atoms with Gasteiger partial charge in [-0.25, -0.2) is 0 Å². The van der Waals surface area contributed by atoms with Crippen LogP contribution in [0.1, 0.15) is 65.7 Å². The summed E-state index contributed by atoms with van der Waals surface area (Å²) in [5.74, 6) is 0.217. The molecule has 2 saturated carbocycles. The molecule has 0 aromatic heterocycles. The highest BCUT2D eigenvalue weighted by molar-refractivity contribution is 6.01. The topological polar surface area (TPSA) is 71.4 Å². The Labute approximate surface area is 166 Å². The smallest absolute Gasteiger partial charge is 0.303 e. The molecule has 0 unspecified atom stereocenters. The maximum absolute atomic E-state index is 12.9. The van der Waals surface area contributed by atoms with Gasteiger partial charge < -0.3 is 5.11 Å². The minimum Gasteiger partial charge on any atom is -0.481 e. The van der Waals surface area contributed by atoms with Crippen molar-refractivity contribution in [2.45, 2.75) is 65.7 Å². The Morgan fingerprint density at radius 2 is 2.00 bits per heavy atom. The zero-order valence-corrected chi connectivity index (χ0v) is 17.1. The predicted octanol–water partition coefficient (Wildman–Crippen LogP) is 4.65. The summed E-state index contributed by atoms with van der Waals surface area (Å²) in [6.07, 6.45) is 12.9. The van der Waals surface area contributed by atoms with Crippen LogP contribution < -0.4 is 0 Å². The maximum Gasteiger partial charge on any atom is 0.303 e. The van der Waals surface area contributed by atoms with Gasteiger partial charge in [-0.05, 0) is 81.8 Å². The van der Waals surface area contributed by atoms with E-state index in [-0.39, 0.29) is 28.8 Å². The van der Waals surface area contributed by atoms with E-state index in [9.17, 15) is 19.5 Å². The molecule has 0 aliphatic heterocycles. The molecule has 4 rings (SSSR count). The van der Waals surface area contributed by atoms with E-state index < -0.39 is 11.4 Å². The Hall–Kier alpha value is -1.97. The van der Waals surface area contributed by atoms with Crippen molar-refractivity contribution in [3.63, 3.8) is 0 Å². The van der Waals surface area contributed by atoms with E-state index in [1.807, 2.05) is 6.08 Å². The van der Waals surface area contributed by atoms with E-state index in [1.54, 1.807) is 13.0 Å². The molecule has 2 fully saturated rings. The van der Waals surface area contributed by atoms with E-state index >= 15 is 0 Å². The molecule has 0 radical (unpaired) electrons. The molecule has 0 heterocycles. The fraction of sp³-hybridized carbons (Fsp3) is 0.625. The van der Waals surface area contributed by atoms with E-state index in [0.29, 0.717) is 18.3 Å². The van der Waals surface area contributed by atoms with Crippen LogP contribution >= 0.6 is 0 Å². The Kier molecular flexibility index (Phi) is 4.33. The van der Waals surface area contributed by atoms with Gasteiger partial charge in [-0.15, -0.1) is 0 Å². The summed E-state index contributed by atoms with van der Waals surface area (Å²) in [4.78, 5) is 36.0. The fourth-order valence-electron chi connectivity index (χ4n) is 7.13. The van der Waals surface area contributed by atoms with E-state index in [0.717, 1.165) is 32.1 Å². The number of carboxylic acid groups (broad SMARTS) is 1. The highest BCUT2D eigenvalue weighted by atomic mass is 16.4. The van der Waals surface area contributed by atoms with E-state index in [1.165, 1.54) is 11.1 Å². The van der Waals surface area contributed by atoms with Crippen molar-refractivity contribution in [2.75, 3.05) is 0 Å². The summed E-state index contributed by atoms with van der Waals surface area (Å²) < 4.78 is 0. The largest absolute Gasteiger partial charge is 0.481 e. The first-order chi connectivity index (χ1) is 13.1. The van der Waals surface area contributed by atoms with Crippen LogP contribution in [0.2, 0.25) is 0 Å². The number of rotatable bonds is 4. The average Bonchev–Trinajstić information content (AvgIpc) is 2.94. The number of ketones is 2. The number of carbonyl (C=O) groups is 3. The quantitative estimate of drug-likeness (QED) is 0.718. The fourth-order valence-corrected chi connectivity index (χ4v) is 7.13. The summed E-state index contributed by atoms with van der Waals surface area (Å²) in [7, 11) is 0. The zero-order valence-electron chi connectivity index (χ0n) is 17.1. The molecule has 4 aliphatic rings. The van der Waals surface area contributed by atoms with Crippen molar-refractivity contribution >= 4 is 17.5 Å². The number of hydrogen-bond donors (Lipinski definition) is 1. The molecular weight excluding hydrogens is 352 g/mol. The molecule has 0 spiro atoms. The van der Waals surface area contributed by atoms with Crippen molar-refractivity contribution in [3.8, 4) is 0 Å². The second-order valence-corrected chi connectivity index (χ2v) is 9.71. The minimum atomic E-state index is -0.823. The summed E-state index contributed by atoms with van der Waals surface area (Å²) in [5, 5.41) is 9.26. The van der Waals surface area contributed by atoms with Gasteiger partial charge in [-0.1, -0.05) is 30.2 Å². The minimum absolute atomic E-state index is 0.0541. The van der Waals surface area contributed by atoms with E-state index in [2.05, 4.69) is 26.0 Å². The Bertz CT molecular complexity index is 847. The molecule has 0 saturated heterocycles. The van der Waals surface area contributed by atoms with Crippen LogP contribution in [-0.4, -0.2) is 22.6 Å². The molecule has 0 bridgehead atoms. The summed E-state index contributed by atoms with van der Waals surface area (Å²) >= 11 is 0. The number of fused-ring (bicyclic) bond motifs is 5. The summed E-state index contributed by atoms with van der Waals surface area (Å²) in [5.41, 5.74) is 1.73. The highest BCUT2D eigenvalue weighted by Gasteiger charge is 2.63. The van der Waals surface area contributed by atoms with Gasteiger partial charge in [0.15, 0.2) is 5.78 Å². The molecule has 0 amide bonds. The van der Waals surface area contributed by atoms with E-state index in [4.69, 9.17) is 0 Å². The average molecular weight is 383 g/mol. The third-order valence-electron chi connectivity index (χ3n) is 8.75. The van der Waals surface area contributed by atoms with Gasteiger partial charge in [-0.2, -0.15) is 0 Å². The van der Waals surface area contributed by atoms with Gasteiger partial charge in [0.2, 0.25) is 0 Å². The lowest BCUT2D eigenvalue weighted by atomic mass is 9.49. The molecule has 150 valence electrons. The lowest BCUT2D eigenvalue weighted by molar-refractivity contribution is -0.141. The van der Waals surface area contributed by atoms with Crippen molar-refractivity contribution in [3.05, 3.63) is 35.5 Å². The van der Waals surface area contributed by atoms with Gasteiger partial charge in [0.25, 0.3) is 0 Å². The number of aliphatic carboxylic acids is 1. The Morgan fingerprint density at radius 1 is 1.25 bits per heavy atom. The van der Waals surface area contributed by atoms with Crippen LogP contribution in [0, 0.1) is 28.1 Å². The SMILES string of the molecule is CC(=O)[C@]1(CCC(=O)O)CC[C@H]2[C@@H]3CCC4=CC(=O)C=C[C@]4(C)C3=CC[C@@]21C. The first-order valence-electron chi connectivity index (χ1n) is 10.5. The third-order valence-corrected chi connectivity index (χ3v) is 8.75. The second kappa shape index (κ2) is 6.27. The lowest BCUT2D eigenvalue weighted by Gasteiger charge is -2.54. The third kappa shape index (κ3) is 2.46. The number of hydrogen-bond acceptors (Lipinski definition) is 3. The molecular formula is C24H30O4. The summed E-state index contributed by atoms with van der Waals surface area (Å²) in [6.45, 7) is 6.11. The first-order valence-corrected chi connectivity index (χ1v) is 10.5.